The number of nitrogens with one attached hydrogen (secondary N) is 1. The number of carbonyl (C=O) groups is 2. The maximum Gasteiger partial charge on any atom is 0.330 e. The summed E-state index contributed by atoms with van der Waals surface area (Å²) >= 11 is 0. The molecule has 2 aromatic rings. The van der Waals surface area contributed by atoms with Gasteiger partial charge >= 0.3 is 11.9 Å². The molecule has 0 aromatic carbocycles. The number of hydrogen-bond acceptors (Lipinski definition) is 8. The third-order valence-corrected chi connectivity index (χ3v) is 2.75. The zero-order chi connectivity index (χ0) is 21.0. The molecule has 0 fully saturated rings. The van der Waals surface area contributed by atoms with E-state index in [4.69, 9.17) is 10.5 Å². The molecule has 0 radical (unpaired) electrons. The Labute approximate surface area is 165 Å². The van der Waals surface area contributed by atoms with E-state index in [-0.39, 0.29) is 11.9 Å². The van der Waals surface area contributed by atoms with Crippen LogP contribution in [-0.2, 0) is 19.1 Å². The highest BCUT2D eigenvalue weighted by atomic mass is 16.5. The van der Waals surface area contributed by atoms with Gasteiger partial charge in [0.15, 0.2) is 0 Å². The highest BCUT2D eigenvalue weighted by Gasteiger charge is 2.00. The number of esters is 2. The molecule has 0 atom stereocenters. The summed E-state index contributed by atoms with van der Waals surface area (Å²) in [5.74, 6) is 0.803. The lowest BCUT2D eigenvalue weighted by molar-refractivity contribution is -0.142. The van der Waals surface area contributed by atoms with Gasteiger partial charge in [0, 0.05) is 25.0 Å². The van der Waals surface area contributed by atoms with Crippen LogP contribution in [0.15, 0.2) is 61.4 Å². The van der Waals surface area contributed by atoms with Crippen LogP contribution in [0.5, 0.6) is 0 Å². The molecular formula is C20H28N4O4. The smallest absolute Gasteiger partial charge is 0.330 e. The lowest BCUT2D eigenvalue weighted by Gasteiger charge is -2.04. The van der Waals surface area contributed by atoms with Crippen molar-refractivity contribution in [1.29, 1.82) is 0 Å². The highest BCUT2D eigenvalue weighted by molar-refractivity contribution is 5.81. The number of rotatable bonds is 7. The monoisotopic (exact) mass is 388 g/mol. The third kappa shape index (κ3) is 14.9. The van der Waals surface area contributed by atoms with Crippen LogP contribution in [0.3, 0.4) is 0 Å². The first kappa shape index (κ1) is 24.6. The maximum atomic E-state index is 11.0. The summed E-state index contributed by atoms with van der Waals surface area (Å²) in [6, 6.07) is 11.0. The fourth-order valence-electron chi connectivity index (χ4n) is 1.57. The van der Waals surface area contributed by atoms with Gasteiger partial charge in [-0.15, -0.1) is 0 Å². The lowest BCUT2D eigenvalue weighted by Crippen LogP contribution is -2.11. The quantitative estimate of drug-likeness (QED) is 0.549. The Bertz CT molecular complexity index is 666. The molecule has 0 aliphatic heterocycles. The minimum atomic E-state index is -0.359. The molecule has 0 bridgehead atoms. The second kappa shape index (κ2) is 17.0. The van der Waals surface area contributed by atoms with Gasteiger partial charge in [-0.3, -0.25) is 4.79 Å². The first-order valence-corrected chi connectivity index (χ1v) is 8.79. The summed E-state index contributed by atoms with van der Waals surface area (Å²) < 4.78 is 9.21. The Balaban J connectivity index is 0.000000437. The van der Waals surface area contributed by atoms with Gasteiger partial charge in [-0.2, -0.15) is 0 Å². The number of hydrogen-bond donors (Lipinski definition) is 2. The predicted octanol–water partition coefficient (Wildman–Crippen LogP) is 2.85. The van der Waals surface area contributed by atoms with Crippen molar-refractivity contribution in [3.63, 3.8) is 0 Å². The number of carbonyl (C=O) groups excluding carboxylic acids is 2. The van der Waals surface area contributed by atoms with Gasteiger partial charge in [0.1, 0.15) is 11.6 Å². The number of nitrogens with zero attached hydrogens (tertiary/aromatic N) is 2. The minimum Gasteiger partial charge on any atom is -0.466 e. The average molecular weight is 388 g/mol. The Morgan fingerprint density at radius 2 is 1.71 bits per heavy atom. The molecule has 0 aliphatic rings. The van der Waals surface area contributed by atoms with Gasteiger partial charge in [-0.1, -0.05) is 18.7 Å². The molecule has 2 rings (SSSR count). The number of anilines is 2. The van der Waals surface area contributed by atoms with Crippen molar-refractivity contribution < 1.29 is 19.1 Å². The van der Waals surface area contributed by atoms with E-state index in [0.717, 1.165) is 11.9 Å². The van der Waals surface area contributed by atoms with Gasteiger partial charge in [-0.05, 0) is 38.1 Å². The lowest BCUT2D eigenvalue weighted by atomic mass is 10.4. The topological polar surface area (TPSA) is 116 Å². The van der Waals surface area contributed by atoms with E-state index in [1.54, 1.807) is 32.3 Å². The van der Waals surface area contributed by atoms with Gasteiger partial charge < -0.3 is 20.5 Å². The number of aromatic nitrogens is 2. The molecule has 2 heterocycles. The Hall–Kier alpha value is -3.42. The molecule has 0 aliphatic carbocycles. The summed E-state index contributed by atoms with van der Waals surface area (Å²) in [6.45, 7) is 8.16. The van der Waals surface area contributed by atoms with Crippen LogP contribution in [0, 0.1) is 0 Å². The molecule has 0 amide bonds. The maximum absolute atomic E-state index is 11.0. The molecule has 0 saturated carbocycles. The molecule has 0 unspecified atom stereocenters. The first-order chi connectivity index (χ1) is 13.5. The second-order valence-electron chi connectivity index (χ2n) is 4.91. The van der Waals surface area contributed by atoms with Crippen LogP contribution in [0.4, 0.5) is 11.6 Å². The fraction of sp³-hybridized carbons (Fsp3) is 0.300. The summed E-state index contributed by atoms with van der Waals surface area (Å²) in [5, 5.41) is 3.02. The van der Waals surface area contributed by atoms with Crippen LogP contribution in [0.25, 0.3) is 0 Å². The van der Waals surface area contributed by atoms with E-state index in [9.17, 15) is 9.59 Å². The van der Waals surface area contributed by atoms with E-state index in [0.29, 0.717) is 32.0 Å². The number of nitrogens with two attached hydrogens (primary N) is 1. The standard InChI is InChI=1S/C10H14N2O2.C5H6N2.C5H8O2/c1-2-14-10(13)6-8-12-9-5-3-4-7-11-9;6-5-3-1-2-4-7-5;1-3-5(6)7-4-2/h3-5,7H,2,6,8H2,1H3,(H,11,12);1-4H,(H2,6,7);3H,1,4H2,2H3. The second-order valence-corrected chi connectivity index (χ2v) is 4.91. The van der Waals surface area contributed by atoms with Crippen LogP contribution in [0.1, 0.15) is 20.3 Å². The van der Waals surface area contributed by atoms with E-state index >= 15 is 0 Å². The zero-order valence-electron chi connectivity index (χ0n) is 16.3. The molecule has 0 saturated heterocycles. The summed E-state index contributed by atoms with van der Waals surface area (Å²) in [7, 11) is 0. The summed E-state index contributed by atoms with van der Waals surface area (Å²) in [5.41, 5.74) is 5.25. The van der Waals surface area contributed by atoms with Crippen LogP contribution in [-0.4, -0.2) is 41.7 Å². The number of nitrogen functional groups attached to an aromatic ring is 1. The van der Waals surface area contributed by atoms with Gasteiger partial charge in [-0.25, -0.2) is 14.8 Å². The Morgan fingerprint density at radius 1 is 1.07 bits per heavy atom. The van der Waals surface area contributed by atoms with Crippen LogP contribution >= 0.6 is 0 Å². The predicted molar refractivity (Wildman–Crippen MR) is 109 cm³/mol. The van der Waals surface area contributed by atoms with Crippen LogP contribution < -0.4 is 11.1 Å². The average Bonchev–Trinajstić information content (AvgIpc) is 2.71. The molecule has 28 heavy (non-hydrogen) atoms. The molecule has 152 valence electrons. The fourth-order valence-corrected chi connectivity index (χ4v) is 1.57. The minimum absolute atomic E-state index is 0.184. The van der Waals surface area contributed by atoms with E-state index < -0.39 is 0 Å². The molecular weight excluding hydrogens is 360 g/mol. The van der Waals surface area contributed by atoms with Crippen molar-refractivity contribution >= 4 is 23.6 Å². The normalized spacial score (nSPS) is 8.79. The van der Waals surface area contributed by atoms with E-state index in [1.807, 2.05) is 30.3 Å². The largest absolute Gasteiger partial charge is 0.466 e. The molecule has 0 spiro atoms. The molecule has 8 heteroatoms. The third-order valence-electron chi connectivity index (χ3n) is 2.75. The van der Waals surface area contributed by atoms with Crippen molar-refractivity contribution in [1.82, 2.24) is 9.97 Å². The Morgan fingerprint density at radius 3 is 2.11 bits per heavy atom. The SMILES string of the molecule is C=CC(=O)OCC.CCOC(=O)CCNc1ccccn1.Nc1ccccn1. The van der Waals surface area contributed by atoms with Gasteiger partial charge in [0.25, 0.3) is 0 Å². The number of pyridine rings is 2. The van der Waals surface area contributed by atoms with Crippen molar-refractivity contribution in [2.45, 2.75) is 20.3 Å². The van der Waals surface area contributed by atoms with Crippen molar-refractivity contribution in [2.24, 2.45) is 0 Å². The summed E-state index contributed by atoms with van der Waals surface area (Å²) in [6.07, 6.45) is 4.87. The molecule has 3 N–H and O–H groups in total. The number of ether oxygens (including phenoxy) is 2. The van der Waals surface area contributed by atoms with Gasteiger partial charge in [0.2, 0.25) is 0 Å². The Kier molecular flexibility index (Phi) is 14.9. The van der Waals surface area contributed by atoms with Crippen molar-refractivity contribution in [2.75, 3.05) is 30.8 Å². The van der Waals surface area contributed by atoms with Crippen molar-refractivity contribution in [3.05, 3.63) is 61.4 Å². The van der Waals surface area contributed by atoms with Gasteiger partial charge in [0.05, 0.1) is 19.6 Å². The van der Waals surface area contributed by atoms with E-state index in [1.165, 1.54) is 0 Å². The summed E-state index contributed by atoms with van der Waals surface area (Å²) in [4.78, 5) is 28.8. The first-order valence-electron chi connectivity index (χ1n) is 8.79. The zero-order valence-corrected chi connectivity index (χ0v) is 16.3. The highest BCUT2D eigenvalue weighted by Crippen LogP contribution is 1.99. The molecule has 2 aromatic heterocycles. The van der Waals surface area contributed by atoms with E-state index in [2.05, 4.69) is 26.6 Å². The van der Waals surface area contributed by atoms with Crippen LogP contribution in [0.2, 0.25) is 0 Å². The molecule has 8 nitrogen and oxygen atoms in total. The van der Waals surface area contributed by atoms with Crippen molar-refractivity contribution in [3.8, 4) is 0 Å².